The molecule has 1 atom stereocenters. The van der Waals surface area contributed by atoms with Crippen molar-refractivity contribution in [1.82, 2.24) is 5.32 Å². The Morgan fingerprint density at radius 1 is 1.17 bits per heavy atom. The van der Waals surface area contributed by atoms with Crippen molar-refractivity contribution < 1.29 is 9.53 Å². The minimum absolute atomic E-state index is 0.0112. The number of carbonyl (C=O) groups excluding carboxylic acids is 1. The van der Waals surface area contributed by atoms with Crippen LogP contribution < -0.4 is 15.0 Å². The van der Waals surface area contributed by atoms with Crippen LogP contribution >= 0.6 is 0 Å². The first-order valence-corrected chi connectivity index (χ1v) is 8.39. The zero-order valence-corrected chi connectivity index (χ0v) is 14.2. The van der Waals surface area contributed by atoms with Gasteiger partial charge in [-0.3, -0.25) is 4.79 Å². The Morgan fingerprint density at radius 3 is 2.38 bits per heavy atom. The van der Waals surface area contributed by atoms with Crippen LogP contribution in [-0.4, -0.2) is 26.1 Å². The van der Waals surface area contributed by atoms with Crippen molar-refractivity contribution in [2.45, 2.75) is 13.5 Å². The largest absolute Gasteiger partial charge is 0.497 e. The smallest absolute Gasteiger partial charge is 0.230 e. The molecule has 126 valence electrons. The van der Waals surface area contributed by atoms with E-state index in [1.807, 2.05) is 54.3 Å². The van der Waals surface area contributed by atoms with Gasteiger partial charge in [0.1, 0.15) is 5.75 Å². The van der Waals surface area contributed by atoms with Gasteiger partial charge < -0.3 is 15.0 Å². The lowest BCUT2D eigenvalue weighted by Gasteiger charge is -2.35. The van der Waals surface area contributed by atoms with E-state index in [9.17, 15) is 4.79 Å². The predicted octanol–water partition coefficient (Wildman–Crippen LogP) is 3.08. The average Bonchev–Trinajstić information content (AvgIpc) is 2.58. The molecule has 2 aromatic carbocycles. The molecule has 0 radical (unpaired) electrons. The standard InChI is InChI=1S/C20H24N2O2/c1-15(17-12-21-13-17)20(23)22(14-16-6-4-3-5-7-16)18-8-10-19(24-2)11-9-18/h3-11,15,17,21H,12-14H2,1-2H3. The molecule has 1 unspecified atom stereocenters. The number of nitrogens with zero attached hydrogens (tertiary/aromatic N) is 1. The Hall–Kier alpha value is -2.33. The van der Waals surface area contributed by atoms with Crippen molar-refractivity contribution >= 4 is 11.6 Å². The first-order valence-electron chi connectivity index (χ1n) is 8.39. The third kappa shape index (κ3) is 3.60. The monoisotopic (exact) mass is 324 g/mol. The number of anilines is 1. The third-order valence-corrected chi connectivity index (χ3v) is 4.74. The molecule has 0 aromatic heterocycles. The summed E-state index contributed by atoms with van der Waals surface area (Å²) in [7, 11) is 1.65. The maximum absolute atomic E-state index is 13.1. The van der Waals surface area contributed by atoms with E-state index in [1.54, 1.807) is 7.11 Å². The van der Waals surface area contributed by atoms with E-state index in [1.165, 1.54) is 0 Å². The van der Waals surface area contributed by atoms with Gasteiger partial charge in [0.15, 0.2) is 0 Å². The number of methoxy groups -OCH3 is 1. The van der Waals surface area contributed by atoms with Crippen molar-refractivity contribution in [3.63, 3.8) is 0 Å². The van der Waals surface area contributed by atoms with Gasteiger partial charge in [0, 0.05) is 11.6 Å². The Morgan fingerprint density at radius 2 is 1.83 bits per heavy atom. The van der Waals surface area contributed by atoms with Gasteiger partial charge in [-0.2, -0.15) is 0 Å². The van der Waals surface area contributed by atoms with Crippen LogP contribution in [0.1, 0.15) is 12.5 Å². The summed E-state index contributed by atoms with van der Waals surface area (Å²) in [4.78, 5) is 15.0. The zero-order chi connectivity index (χ0) is 16.9. The van der Waals surface area contributed by atoms with Crippen molar-refractivity contribution in [3.8, 4) is 5.75 Å². The lowest BCUT2D eigenvalue weighted by molar-refractivity contribution is -0.124. The number of ether oxygens (including phenoxy) is 1. The molecule has 0 spiro atoms. The minimum Gasteiger partial charge on any atom is -0.497 e. The van der Waals surface area contributed by atoms with Gasteiger partial charge in [-0.25, -0.2) is 0 Å². The van der Waals surface area contributed by atoms with Gasteiger partial charge in [0.2, 0.25) is 5.91 Å². The summed E-state index contributed by atoms with van der Waals surface area (Å²) in [6.07, 6.45) is 0. The van der Waals surface area contributed by atoms with Gasteiger partial charge in [-0.05, 0) is 48.8 Å². The summed E-state index contributed by atoms with van der Waals surface area (Å²) in [5.41, 5.74) is 2.03. The van der Waals surface area contributed by atoms with E-state index in [2.05, 4.69) is 17.4 Å². The topological polar surface area (TPSA) is 41.6 Å². The molecule has 1 fully saturated rings. The molecule has 0 bridgehead atoms. The molecule has 1 amide bonds. The van der Waals surface area contributed by atoms with E-state index in [4.69, 9.17) is 4.74 Å². The Labute approximate surface area is 143 Å². The zero-order valence-electron chi connectivity index (χ0n) is 14.2. The van der Waals surface area contributed by atoms with Crippen LogP contribution in [0.25, 0.3) is 0 Å². The Balaban J connectivity index is 1.85. The maximum Gasteiger partial charge on any atom is 0.230 e. The molecule has 24 heavy (non-hydrogen) atoms. The SMILES string of the molecule is COc1ccc(N(Cc2ccccc2)C(=O)C(C)C2CNC2)cc1. The van der Waals surface area contributed by atoms with Gasteiger partial charge in [0.05, 0.1) is 13.7 Å². The van der Waals surface area contributed by atoms with Crippen molar-refractivity contribution in [2.75, 3.05) is 25.1 Å². The quantitative estimate of drug-likeness (QED) is 0.888. The molecule has 0 saturated carbocycles. The van der Waals surface area contributed by atoms with E-state index >= 15 is 0 Å². The summed E-state index contributed by atoms with van der Waals surface area (Å²) < 4.78 is 5.23. The maximum atomic E-state index is 13.1. The van der Waals surface area contributed by atoms with Crippen molar-refractivity contribution in [2.24, 2.45) is 11.8 Å². The Bertz CT molecular complexity index is 666. The van der Waals surface area contributed by atoms with E-state index in [0.717, 1.165) is 30.1 Å². The first kappa shape index (κ1) is 16.5. The number of amides is 1. The van der Waals surface area contributed by atoms with Crippen LogP contribution in [0.5, 0.6) is 5.75 Å². The summed E-state index contributed by atoms with van der Waals surface area (Å²) in [5.74, 6) is 1.41. The van der Waals surface area contributed by atoms with E-state index < -0.39 is 0 Å². The average molecular weight is 324 g/mol. The highest BCUT2D eigenvalue weighted by atomic mass is 16.5. The fourth-order valence-corrected chi connectivity index (χ4v) is 2.94. The predicted molar refractivity (Wildman–Crippen MR) is 96.1 cm³/mol. The van der Waals surface area contributed by atoms with Gasteiger partial charge in [0.25, 0.3) is 0 Å². The molecule has 4 nitrogen and oxygen atoms in total. The van der Waals surface area contributed by atoms with Crippen LogP contribution in [0.15, 0.2) is 54.6 Å². The summed E-state index contributed by atoms with van der Waals surface area (Å²) in [5, 5.41) is 3.25. The number of carbonyl (C=O) groups is 1. The lowest BCUT2D eigenvalue weighted by Crippen LogP contribution is -2.50. The van der Waals surface area contributed by atoms with Crippen LogP contribution in [0, 0.1) is 11.8 Å². The van der Waals surface area contributed by atoms with E-state index in [0.29, 0.717) is 12.5 Å². The summed E-state index contributed by atoms with van der Waals surface area (Å²) in [6.45, 7) is 4.47. The van der Waals surface area contributed by atoms with Crippen LogP contribution in [0.3, 0.4) is 0 Å². The number of hydrogen-bond acceptors (Lipinski definition) is 3. The fraction of sp³-hybridized carbons (Fsp3) is 0.350. The molecule has 4 heteroatoms. The van der Waals surface area contributed by atoms with Crippen LogP contribution in [0.4, 0.5) is 5.69 Å². The highest BCUT2D eigenvalue weighted by Crippen LogP contribution is 2.26. The number of nitrogens with one attached hydrogen (secondary N) is 1. The molecule has 0 aliphatic carbocycles. The van der Waals surface area contributed by atoms with Crippen molar-refractivity contribution in [1.29, 1.82) is 0 Å². The Kier molecular flexibility index (Phi) is 5.16. The first-order chi connectivity index (χ1) is 11.7. The molecular weight excluding hydrogens is 300 g/mol. The van der Waals surface area contributed by atoms with E-state index in [-0.39, 0.29) is 11.8 Å². The molecule has 1 N–H and O–H groups in total. The summed E-state index contributed by atoms with van der Waals surface area (Å²) >= 11 is 0. The van der Waals surface area contributed by atoms with Gasteiger partial charge in [-0.15, -0.1) is 0 Å². The molecular formula is C20H24N2O2. The summed E-state index contributed by atoms with van der Waals surface area (Å²) in [6, 6.07) is 17.8. The second-order valence-corrected chi connectivity index (χ2v) is 6.32. The van der Waals surface area contributed by atoms with Crippen LogP contribution in [0.2, 0.25) is 0 Å². The molecule has 2 aromatic rings. The van der Waals surface area contributed by atoms with Gasteiger partial charge >= 0.3 is 0 Å². The number of hydrogen-bond donors (Lipinski definition) is 1. The number of rotatable bonds is 6. The third-order valence-electron chi connectivity index (χ3n) is 4.74. The second-order valence-electron chi connectivity index (χ2n) is 6.32. The molecule has 1 saturated heterocycles. The molecule has 3 rings (SSSR count). The normalized spacial score (nSPS) is 15.4. The van der Waals surface area contributed by atoms with Crippen LogP contribution in [-0.2, 0) is 11.3 Å². The fourth-order valence-electron chi connectivity index (χ4n) is 2.94. The molecule has 1 heterocycles. The highest BCUT2D eigenvalue weighted by Gasteiger charge is 2.32. The highest BCUT2D eigenvalue weighted by molar-refractivity contribution is 5.95. The molecule has 1 aliphatic rings. The second kappa shape index (κ2) is 7.49. The molecule has 1 aliphatic heterocycles. The van der Waals surface area contributed by atoms with Gasteiger partial charge in [-0.1, -0.05) is 37.3 Å². The minimum atomic E-state index is 0.0112. The lowest BCUT2D eigenvalue weighted by atomic mass is 9.87. The number of benzene rings is 2. The van der Waals surface area contributed by atoms with Crippen molar-refractivity contribution in [3.05, 3.63) is 60.2 Å².